The van der Waals surface area contributed by atoms with E-state index in [2.05, 4.69) is 64.1 Å². The summed E-state index contributed by atoms with van der Waals surface area (Å²) in [6.07, 6.45) is 5.79. The van der Waals surface area contributed by atoms with E-state index < -0.39 is 0 Å². The Hall–Kier alpha value is -3.11. The number of piperidine rings is 2. The molecular weight excluding hydrogens is 394 g/mol. The smallest absolute Gasteiger partial charge is 0.319 e. The van der Waals surface area contributed by atoms with Gasteiger partial charge >= 0.3 is 6.03 Å². The second kappa shape index (κ2) is 9.58. The molecule has 0 saturated carbocycles. The highest BCUT2D eigenvalue weighted by Gasteiger charge is 2.38. The third-order valence-electron chi connectivity index (χ3n) is 6.93. The number of anilines is 1. The van der Waals surface area contributed by atoms with Gasteiger partial charge in [0.2, 0.25) is 0 Å². The molecular formula is C28H31N3O. The van der Waals surface area contributed by atoms with Crippen molar-refractivity contribution in [3.8, 4) is 11.1 Å². The number of rotatable bonds is 5. The van der Waals surface area contributed by atoms with Crippen molar-refractivity contribution in [2.45, 2.75) is 56.8 Å². The zero-order valence-electron chi connectivity index (χ0n) is 18.4. The molecule has 0 aliphatic carbocycles. The fourth-order valence-electron chi connectivity index (χ4n) is 5.45. The molecule has 32 heavy (non-hydrogen) atoms. The van der Waals surface area contributed by atoms with Crippen molar-refractivity contribution in [1.29, 1.82) is 0 Å². The Kier molecular flexibility index (Phi) is 6.22. The third-order valence-corrected chi connectivity index (χ3v) is 6.93. The van der Waals surface area contributed by atoms with Gasteiger partial charge in [-0.15, -0.1) is 0 Å². The predicted octanol–water partition coefficient (Wildman–Crippen LogP) is 6.06. The van der Waals surface area contributed by atoms with E-state index in [1.807, 2.05) is 36.4 Å². The molecule has 4 heteroatoms. The molecule has 2 aliphatic heterocycles. The van der Waals surface area contributed by atoms with E-state index in [-0.39, 0.29) is 12.1 Å². The lowest BCUT2D eigenvalue weighted by molar-refractivity contribution is 0.0200. The molecule has 3 aromatic carbocycles. The van der Waals surface area contributed by atoms with Crippen LogP contribution in [0.1, 0.15) is 37.7 Å². The quantitative estimate of drug-likeness (QED) is 0.522. The van der Waals surface area contributed by atoms with Gasteiger partial charge in [0.15, 0.2) is 0 Å². The molecule has 2 bridgehead atoms. The maximum Gasteiger partial charge on any atom is 0.319 e. The van der Waals surface area contributed by atoms with Gasteiger partial charge in [-0.05, 0) is 42.9 Å². The van der Waals surface area contributed by atoms with Crippen LogP contribution in [0.4, 0.5) is 10.5 Å². The van der Waals surface area contributed by atoms with Crippen molar-refractivity contribution in [2.24, 2.45) is 0 Å². The molecule has 4 nitrogen and oxygen atoms in total. The van der Waals surface area contributed by atoms with Crippen LogP contribution in [0.15, 0.2) is 84.9 Å². The Bertz CT molecular complexity index is 1020. The number of hydrogen-bond donors (Lipinski definition) is 2. The molecule has 2 N–H and O–H groups in total. The SMILES string of the molecule is O=C(Nc1ccccc1-c1ccccc1)NC1C[C@@H]2CCC[C@@H](C1)N2Cc1ccccc1. The van der Waals surface area contributed by atoms with Crippen molar-refractivity contribution in [2.75, 3.05) is 5.32 Å². The van der Waals surface area contributed by atoms with E-state index in [1.165, 1.54) is 24.8 Å². The largest absolute Gasteiger partial charge is 0.335 e. The Morgan fingerprint density at radius 1 is 0.812 bits per heavy atom. The van der Waals surface area contributed by atoms with Crippen molar-refractivity contribution < 1.29 is 4.79 Å². The number of carbonyl (C=O) groups excluding carboxylic acids is 1. The highest BCUT2D eigenvalue weighted by molar-refractivity contribution is 5.94. The fraction of sp³-hybridized carbons (Fsp3) is 0.321. The summed E-state index contributed by atoms with van der Waals surface area (Å²) in [5.41, 5.74) is 4.37. The molecule has 0 spiro atoms. The summed E-state index contributed by atoms with van der Waals surface area (Å²) in [6.45, 7) is 1.01. The van der Waals surface area contributed by atoms with Crippen LogP contribution in [0.25, 0.3) is 11.1 Å². The molecule has 2 heterocycles. The van der Waals surface area contributed by atoms with Gasteiger partial charge in [-0.2, -0.15) is 0 Å². The number of nitrogens with one attached hydrogen (secondary N) is 2. The van der Waals surface area contributed by atoms with E-state index in [1.54, 1.807) is 0 Å². The molecule has 2 aliphatic rings. The number of nitrogens with zero attached hydrogens (tertiary/aromatic N) is 1. The first-order valence-electron chi connectivity index (χ1n) is 11.8. The summed E-state index contributed by atoms with van der Waals surface area (Å²) in [6, 6.07) is 30.2. The summed E-state index contributed by atoms with van der Waals surface area (Å²) in [5, 5.41) is 6.39. The van der Waals surface area contributed by atoms with Crippen LogP contribution >= 0.6 is 0 Å². The van der Waals surface area contributed by atoms with Crippen molar-refractivity contribution in [3.05, 3.63) is 90.5 Å². The first-order valence-corrected chi connectivity index (χ1v) is 11.8. The number of para-hydroxylation sites is 1. The fourth-order valence-corrected chi connectivity index (χ4v) is 5.45. The van der Waals surface area contributed by atoms with Gasteiger partial charge in [0.1, 0.15) is 0 Å². The van der Waals surface area contributed by atoms with Gasteiger partial charge in [0.05, 0.1) is 5.69 Å². The predicted molar refractivity (Wildman–Crippen MR) is 130 cm³/mol. The lowest BCUT2D eigenvalue weighted by atomic mass is 9.81. The normalized spacial score (nSPS) is 22.8. The van der Waals surface area contributed by atoms with E-state index in [4.69, 9.17) is 0 Å². The van der Waals surface area contributed by atoms with Gasteiger partial charge in [-0.25, -0.2) is 4.79 Å². The highest BCUT2D eigenvalue weighted by atomic mass is 16.2. The molecule has 2 saturated heterocycles. The summed E-state index contributed by atoms with van der Waals surface area (Å²) >= 11 is 0. The van der Waals surface area contributed by atoms with Gasteiger partial charge in [0.25, 0.3) is 0 Å². The molecule has 5 rings (SSSR count). The Morgan fingerprint density at radius 2 is 1.44 bits per heavy atom. The topological polar surface area (TPSA) is 44.4 Å². The van der Waals surface area contributed by atoms with Crippen molar-refractivity contribution in [1.82, 2.24) is 10.2 Å². The van der Waals surface area contributed by atoms with Crippen LogP contribution in [0.2, 0.25) is 0 Å². The van der Waals surface area contributed by atoms with Crippen molar-refractivity contribution >= 4 is 11.7 Å². The van der Waals surface area contributed by atoms with Crippen molar-refractivity contribution in [3.63, 3.8) is 0 Å². The summed E-state index contributed by atoms with van der Waals surface area (Å²) in [7, 11) is 0. The standard InChI is InChI=1S/C28H31N3O/c32-28(30-27-17-8-7-16-26(27)22-12-5-2-6-13-22)29-23-18-24-14-9-15-25(19-23)31(24)20-21-10-3-1-4-11-21/h1-8,10-13,16-17,23-25H,9,14-15,18-20H2,(H2,29,30,32)/t24-,25-/m0/s1. The Morgan fingerprint density at radius 3 is 2.16 bits per heavy atom. The Balaban J connectivity index is 1.23. The summed E-state index contributed by atoms with van der Waals surface area (Å²) in [4.78, 5) is 15.6. The van der Waals surface area contributed by atoms with Gasteiger partial charge in [-0.1, -0.05) is 85.3 Å². The average Bonchev–Trinajstić information content (AvgIpc) is 2.81. The van der Waals surface area contributed by atoms with Crippen LogP contribution in [0.5, 0.6) is 0 Å². The molecule has 3 aromatic rings. The molecule has 0 radical (unpaired) electrons. The van der Waals surface area contributed by atoms with E-state index >= 15 is 0 Å². The molecule has 2 amide bonds. The van der Waals surface area contributed by atoms with Gasteiger partial charge in [-0.3, -0.25) is 4.90 Å². The third kappa shape index (κ3) is 4.71. The number of benzene rings is 3. The van der Waals surface area contributed by atoms with Crippen LogP contribution < -0.4 is 10.6 Å². The first-order chi connectivity index (χ1) is 15.8. The zero-order valence-corrected chi connectivity index (χ0v) is 18.4. The van der Waals surface area contributed by atoms with E-state index in [9.17, 15) is 4.79 Å². The average molecular weight is 426 g/mol. The van der Waals surface area contributed by atoms with Crippen LogP contribution in [0.3, 0.4) is 0 Å². The molecule has 0 unspecified atom stereocenters. The molecule has 164 valence electrons. The van der Waals surface area contributed by atoms with Gasteiger partial charge < -0.3 is 10.6 Å². The maximum atomic E-state index is 12.9. The number of hydrogen-bond acceptors (Lipinski definition) is 2. The second-order valence-corrected chi connectivity index (χ2v) is 9.07. The first kappa shape index (κ1) is 20.8. The summed E-state index contributed by atoms with van der Waals surface area (Å²) < 4.78 is 0. The lowest BCUT2D eigenvalue weighted by Gasteiger charge is -2.49. The zero-order chi connectivity index (χ0) is 21.8. The number of urea groups is 1. The lowest BCUT2D eigenvalue weighted by Crippen LogP contribution is -2.56. The molecule has 2 atom stereocenters. The summed E-state index contributed by atoms with van der Waals surface area (Å²) in [5.74, 6) is 0. The molecule has 0 aromatic heterocycles. The highest BCUT2D eigenvalue weighted by Crippen LogP contribution is 2.35. The van der Waals surface area contributed by atoms with Gasteiger partial charge in [0, 0.05) is 30.2 Å². The second-order valence-electron chi connectivity index (χ2n) is 9.07. The monoisotopic (exact) mass is 425 g/mol. The minimum absolute atomic E-state index is 0.104. The Labute approximate surface area is 190 Å². The minimum Gasteiger partial charge on any atom is -0.335 e. The minimum atomic E-state index is -0.104. The number of carbonyl (C=O) groups is 1. The number of amides is 2. The number of fused-ring (bicyclic) bond motifs is 2. The maximum absolute atomic E-state index is 12.9. The van der Waals surface area contributed by atoms with E-state index in [0.717, 1.165) is 36.2 Å². The molecule has 2 fully saturated rings. The van der Waals surface area contributed by atoms with Crippen LogP contribution in [-0.4, -0.2) is 29.1 Å². The van der Waals surface area contributed by atoms with E-state index in [0.29, 0.717) is 12.1 Å². The van der Waals surface area contributed by atoms with Crippen LogP contribution in [-0.2, 0) is 6.54 Å². The van der Waals surface area contributed by atoms with Crippen LogP contribution in [0, 0.1) is 0 Å².